The van der Waals surface area contributed by atoms with Gasteiger partial charge in [0.25, 0.3) is 8.32 Å². The van der Waals surface area contributed by atoms with E-state index in [9.17, 15) is 19.5 Å². The number of rotatable bonds is 7. The first-order valence-corrected chi connectivity index (χ1v) is 13.9. The Morgan fingerprint density at radius 2 is 1.47 bits per heavy atom. The quantitative estimate of drug-likeness (QED) is 0.581. The Bertz CT molecular complexity index is 948. The van der Waals surface area contributed by atoms with Crippen LogP contribution in [0.3, 0.4) is 0 Å². The van der Waals surface area contributed by atoms with Crippen LogP contribution in [0.25, 0.3) is 0 Å². The third kappa shape index (κ3) is 5.36. The average Bonchev–Trinajstić information content (AvgIpc) is 3.22. The molecule has 7 heteroatoms. The molecule has 2 N–H and O–H groups in total. The Hall–Kier alpha value is -2.64. The molecule has 1 aliphatic rings. The van der Waals surface area contributed by atoms with E-state index in [0.29, 0.717) is 25.8 Å². The van der Waals surface area contributed by atoms with Gasteiger partial charge in [0.15, 0.2) is 0 Å². The van der Waals surface area contributed by atoms with Crippen molar-refractivity contribution in [1.82, 2.24) is 4.90 Å². The van der Waals surface area contributed by atoms with E-state index in [1.165, 1.54) is 4.90 Å². The Morgan fingerprint density at radius 1 is 0.971 bits per heavy atom. The van der Waals surface area contributed by atoms with Crippen LogP contribution in [-0.2, 0) is 9.53 Å². The minimum absolute atomic E-state index is 0.200. The Balaban J connectivity index is 1.85. The molecule has 2 aromatic carbocycles. The zero-order valence-corrected chi connectivity index (χ0v) is 21.8. The molecule has 0 unspecified atom stereocenters. The van der Waals surface area contributed by atoms with Gasteiger partial charge in [0.2, 0.25) is 0 Å². The van der Waals surface area contributed by atoms with E-state index in [0.717, 1.165) is 10.4 Å². The number of amides is 1. The van der Waals surface area contributed by atoms with Gasteiger partial charge in [-0.05, 0) is 61.4 Å². The monoisotopic (exact) mass is 483 g/mol. The fraction of sp³-hybridized carbons (Fsp3) is 0.481. The van der Waals surface area contributed by atoms with Gasteiger partial charge >= 0.3 is 12.1 Å². The van der Waals surface area contributed by atoms with E-state index in [2.05, 4.69) is 13.8 Å². The Morgan fingerprint density at radius 3 is 1.91 bits per heavy atom. The summed E-state index contributed by atoms with van der Waals surface area (Å²) in [5, 5.41) is 11.3. The van der Waals surface area contributed by atoms with Crippen molar-refractivity contribution in [3.8, 4) is 0 Å². The lowest BCUT2D eigenvalue weighted by atomic mass is 9.91. The highest BCUT2D eigenvalue weighted by molar-refractivity contribution is 6.98. The molecule has 0 spiro atoms. The van der Waals surface area contributed by atoms with Crippen molar-refractivity contribution >= 4 is 30.8 Å². The summed E-state index contributed by atoms with van der Waals surface area (Å²) in [5.74, 6) is -1.21. The smallest absolute Gasteiger partial charge is 0.411 e. The van der Waals surface area contributed by atoms with Crippen molar-refractivity contribution in [3.05, 3.63) is 60.7 Å². The maximum atomic E-state index is 12.7. The van der Waals surface area contributed by atoms with E-state index in [1.54, 1.807) is 20.8 Å². The number of hydrogen-bond acceptors (Lipinski definition) is 4. The number of carbonyl (C=O) groups is 2. The summed E-state index contributed by atoms with van der Waals surface area (Å²) < 4.78 is 5.46. The second kappa shape index (κ2) is 9.92. The molecule has 2 aromatic rings. The molecular weight excluding hydrogens is 446 g/mol. The summed E-state index contributed by atoms with van der Waals surface area (Å²) in [6, 6.07) is 18.7. The van der Waals surface area contributed by atoms with Crippen LogP contribution in [-0.4, -0.2) is 53.4 Å². The van der Waals surface area contributed by atoms with E-state index >= 15 is 0 Å². The molecule has 1 amide bonds. The van der Waals surface area contributed by atoms with Gasteiger partial charge in [0.1, 0.15) is 11.6 Å². The second-order valence-electron chi connectivity index (χ2n) is 10.9. The van der Waals surface area contributed by atoms with Crippen LogP contribution in [0, 0.1) is 5.92 Å². The summed E-state index contributed by atoms with van der Waals surface area (Å²) in [4.78, 5) is 38.5. The maximum Gasteiger partial charge on any atom is 0.411 e. The van der Waals surface area contributed by atoms with Gasteiger partial charge in [-0.15, -0.1) is 0 Å². The molecule has 0 saturated carbocycles. The van der Waals surface area contributed by atoms with Crippen molar-refractivity contribution in [2.24, 2.45) is 5.92 Å². The summed E-state index contributed by atoms with van der Waals surface area (Å²) >= 11 is 0. The third-order valence-corrected chi connectivity index (χ3v) is 11.5. The average molecular weight is 484 g/mol. The van der Waals surface area contributed by atoms with Gasteiger partial charge in [0, 0.05) is 6.54 Å². The number of benzene rings is 2. The molecule has 6 nitrogen and oxygen atoms in total. The molecule has 2 atom stereocenters. The lowest BCUT2D eigenvalue weighted by molar-refractivity contribution is -0.143. The molecule has 0 aliphatic carbocycles. The van der Waals surface area contributed by atoms with Gasteiger partial charge < -0.3 is 14.6 Å². The van der Waals surface area contributed by atoms with E-state index < -0.39 is 37.1 Å². The van der Waals surface area contributed by atoms with Crippen LogP contribution in [0.4, 0.5) is 4.79 Å². The zero-order chi connectivity index (χ0) is 25.1. The molecule has 0 aromatic heterocycles. The predicted molar refractivity (Wildman–Crippen MR) is 136 cm³/mol. The number of likely N-dealkylation sites (tertiary alicyclic amines) is 1. The number of hydrogen-bond donors (Lipinski definition) is 2. The lowest BCUT2D eigenvalue weighted by Gasteiger charge is -2.42. The van der Waals surface area contributed by atoms with Crippen LogP contribution >= 0.6 is 0 Å². The topological polar surface area (TPSA) is 87.1 Å². The Labute approximate surface area is 203 Å². The summed E-state index contributed by atoms with van der Waals surface area (Å²) in [6.07, 6.45) is 1.25. The molecule has 0 bridgehead atoms. The van der Waals surface area contributed by atoms with Gasteiger partial charge in [-0.2, -0.15) is 0 Å². The van der Waals surface area contributed by atoms with Crippen molar-refractivity contribution in [2.45, 2.75) is 70.6 Å². The molecule has 184 valence electrons. The number of carboxylic acid groups (broad SMARTS) is 1. The fourth-order valence-electron chi connectivity index (χ4n) is 5.05. The molecule has 1 aliphatic heterocycles. The minimum atomic E-state index is -3.17. The van der Waals surface area contributed by atoms with Crippen LogP contribution in [0.2, 0.25) is 5.04 Å². The highest BCUT2D eigenvalue weighted by Crippen LogP contribution is 2.43. The molecule has 0 radical (unpaired) electrons. The van der Waals surface area contributed by atoms with Crippen molar-refractivity contribution in [3.63, 3.8) is 0 Å². The van der Waals surface area contributed by atoms with Crippen LogP contribution in [0.5, 0.6) is 0 Å². The SMILES string of the molecule is CC(C)(C)OC(=O)N1CC[C@H](CCC(C)(C)[Si](O)(c2ccccc2)c2ccccc2)[C@H]1C(=O)O. The highest BCUT2D eigenvalue weighted by atomic mass is 28.4. The standard InChI is InChI=1S/C27H37NO5Si/c1-26(2,3)33-25(31)28-19-17-20(23(28)24(29)30)16-18-27(4,5)34(32,21-12-8-6-9-13-21)22-14-10-7-11-15-22/h6-15,20,23,32H,16-19H2,1-5H3,(H,29,30)/t20-,23-/m0/s1. The molecular formula is C27H37NO5Si. The van der Waals surface area contributed by atoms with Crippen LogP contribution in [0.1, 0.15) is 53.9 Å². The van der Waals surface area contributed by atoms with Gasteiger partial charge in [-0.1, -0.05) is 74.5 Å². The van der Waals surface area contributed by atoms with E-state index in [1.807, 2.05) is 60.7 Å². The summed E-state index contributed by atoms with van der Waals surface area (Å²) in [5.41, 5.74) is -0.687. The highest BCUT2D eigenvalue weighted by Gasteiger charge is 2.51. The van der Waals surface area contributed by atoms with Crippen molar-refractivity contribution in [2.75, 3.05) is 6.54 Å². The fourth-order valence-corrected chi connectivity index (χ4v) is 8.81. The predicted octanol–water partition coefficient (Wildman–Crippen LogP) is 4.01. The normalized spacial score (nSPS) is 19.2. The molecule has 1 heterocycles. The first-order chi connectivity index (χ1) is 15.9. The third-order valence-electron chi connectivity index (χ3n) is 6.91. The van der Waals surface area contributed by atoms with Gasteiger partial charge in [-0.25, -0.2) is 9.59 Å². The minimum Gasteiger partial charge on any atom is -0.480 e. The second-order valence-corrected chi connectivity index (χ2v) is 14.8. The van der Waals surface area contributed by atoms with Crippen molar-refractivity contribution < 1.29 is 24.2 Å². The molecule has 34 heavy (non-hydrogen) atoms. The number of nitrogens with zero attached hydrogens (tertiary/aromatic N) is 1. The van der Waals surface area contributed by atoms with Crippen molar-refractivity contribution in [1.29, 1.82) is 0 Å². The zero-order valence-electron chi connectivity index (χ0n) is 20.8. The lowest BCUT2D eigenvalue weighted by Crippen LogP contribution is -2.65. The van der Waals surface area contributed by atoms with Gasteiger partial charge in [-0.3, -0.25) is 4.90 Å². The molecule has 1 fully saturated rings. The van der Waals surface area contributed by atoms with E-state index in [-0.39, 0.29) is 5.92 Å². The van der Waals surface area contributed by atoms with Gasteiger partial charge in [0.05, 0.1) is 0 Å². The number of carboxylic acids is 1. The Kier molecular flexibility index (Phi) is 7.58. The van der Waals surface area contributed by atoms with Crippen LogP contribution in [0.15, 0.2) is 60.7 Å². The number of carbonyl (C=O) groups excluding carboxylic acids is 1. The summed E-state index contributed by atoms with van der Waals surface area (Å²) in [7, 11) is -3.17. The first-order valence-electron chi connectivity index (χ1n) is 11.9. The van der Waals surface area contributed by atoms with E-state index in [4.69, 9.17) is 4.74 Å². The summed E-state index contributed by atoms with van der Waals surface area (Å²) in [6.45, 7) is 9.83. The number of ether oxygens (including phenoxy) is 1. The maximum absolute atomic E-state index is 12.7. The largest absolute Gasteiger partial charge is 0.480 e. The molecule has 3 rings (SSSR count). The van der Waals surface area contributed by atoms with Crippen LogP contribution < -0.4 is 10.4 Å². The first kappa shape index (κ1) is 26.0. The molecule has 1 saturated heterocycles. The number of aliphatic carboxylic acids is 1.